The van der Waals surface area contributed by atoms with E-state index in [4.69, 9.17) is 9.84 Å². The number of amides is 1. The molecule has 0 radical (unpaired) electrons. The van der Waals surface area contributed by atoms with Crippen LogP contribution >= 0.6 is 0 Å². The van der Waals surface area contributed by atoms with Crippen LogP contribution in [-0.2, 0) is 16.0 Å². The van der Waals surface area contributed by atoms with Gasteiger partial charge in [0, 0.05) is 12.2 Å². The molecule has 1 amide bonds. The second kappa shape index (κ2) is 10.3. The van der Waals surface area contributed by atoms with Gasteiger partial charge >= 0.3 is 5.97 Å². The number of anilines is 1. The first kappa shape index (κ1) is 20.5. The molecule has 2 aromatic rings. The highest BCUT2D eigenvalue weighted by Crippen LogP contribution is 2.16. The van der Waals surface area contributed by atoms with Crippen LogP contribution in [0.5, 0.6) is 0 Å². The summed E-state index contributed by atoms with van der Waals surface area (Å²) >= 11 is 0. The molecular formula is C21H26N2O4. The number of hydrogen-bond donors (Lipinski definition) is 3. The Kier molecular flexibility index (Phi) is 7.82. The summed E-state index contributed by atoms with van der Waals surface area (Å²) in [5.41, 5.74) is 3.10. The zero-order valence-electron chi connectivity index (χ0n) is 15.7. The zero-order valence-corrected chi connectivity index (χ0v) is 15.7. The lowest BCUT2D eigenvalue weighted by Crippen LogP contribution is -2.31. The number of carbonyl (C=O) groups excluding carboxylic acids is 2. The number of hydrogen-bond acceptors (Lipinski definition) is 5. The number of aliphatic hydroxyl groups is 1. The number of aliphatic hydroxyl groups excluding tert-OH is 1. The molecule has 6 heteroatoms. The van der Waals surface area contributed by atoms with Gasteiger partial charge in [-0.05, 0) is 36.6 Å². The number of rotatable bonds is 9. The third-order valence-electron chi connectivity index (χ3n) is 4.17. The number of aryl methyl sites for hydroxylation is 1. The van der Waals surface area contributed by atoms with Crippen molar-refractivity contribution in [2.45, 2.75) is 26.3 Å². The van der Waals surface area contributed by atoms with Gasteiger partial charge in [-0.25, -0.2) is 4.79 Å². The van der Waals surface area contributed by atoms with Crippen molar-refractivity contribution >= 4 is 17.6 Å². The highest BCUT2D eigenvalue weighted by atomic mass is 16.5. The Morgan fingerprint density at radius 3 is 2.48 bits per heavy atom. The van der Waals surface area contributed by atoms with Gasteiger partial charge in [0.15, 0.2) is 6.61 Å². The van der Waals surface area contributed by atoms with Gasteiger partial charge in [0.1, 0.15) is 0 Å². The maximum Gasteiger partial charge on any atom is 0.340 e. The Hall–Kier alpha value is -2.86. The lowest BCUT2D eigenvalue weighted by molar-refractivity contribution is -0.124. The topological polar surface area (TPSA) is 87.7 Å². The molecule has 27 heavy (non-hydrogen) atoms. The van der Waals surface area contributed by atoms with Gasteiger partial charge in [-0.2, -0.15) is 0 Å². The van der Waals surface area contributed by atoms with Crippen LogP contribution in [0.3, 0.4) is 0 Å². The van der Waals surface area contributed by atoms with Crippen LogP contribution in [-0.4, -0.2) is 36.7 Å². The minimum atomic E-state index is -0.592. The fourth-order valence-corrected chi connectivity index (χ4v) is 2.62. The standard InChI is InChI=1S/C21H26N2O4/c1-3-16-8-10-17(11-9-16)15(2)23-20(25)14-27-21(26)18-6-4-5-7-19(18)22-12-13-24/h4-11,15,22,24H,3,12-14H2,1-2H3,(H,23,25)/t15-/m0/s1. The number of para-hydroxylation sites is 1. The molecule has 0 saturated carbocycles. The third kappa shape index (κ3) is 6.11. The summed E-state index contributed by atoms with van der Waals surface area (Å²) in [7, 11) is 0. The van der Waals surface area contributed by atoms with Crippen molar-refractivity contribution in [1.82, 2.24) is 5.32 Å². The van der Waals surface area contributed by atoms with Crippen LogP contribution in [0.25, 0.3) is 0 Å². The second-order valence-electron chi connectivity index (χ2n) is 6.16. The molecule has 2 aromatic carbocycles. The summed E-state index contributed by atoms with van der Waals surface area (Å²) in [4.78, 5) is 24.4. The molecule has 2 rings (SSSR count). The monoisotopic (exact) mass is 370 g/mol. The van der Waals surface area contributed by atoms with E-state index in [0.717, 1.165) is 12.0 Å². The highest BCUT2D eigenvalue weighted by Gasteiger charge is 2.15. The van der Waals surface area contributed by atoms with Gasteiger partial charge in [-0.1, -0.05) is 43.3 Å². The lowest BCUT2D eigenvalue weighted by atomic mass is 10.1. The van der Waals surface area contributed by atoms with Crippen molar-refractivity contribution in [3.8, 4) is 0 Å². The van der Waals surface area contributed by atoms with Crippen LogP contribution in [0.15, 0.2) is 48.5 Å². The largest absolute Gasteiger partial charge is 0.452 e. The Morgan fingerprint density at radius 1 is 1.11 bits per heavy atom. The van der Waals surface area contributed by atoms with Gasteiger partial charge in [-0.15, -0.1) is 0 Å². The molecular weight excluding hydrogens is 344 g/mol. The summed E-state index contributed by atoms with van der Waals surface area (Å²) in [6.07, 6.45) is 0.964. The van der Waals surface area contributed by atoms with E-state index in [1.807, 2.05) is 31.2 Å². The second-order valence-corrected chi connectivity index (χ2v) is 6.16. The Labute approximate surface area is 159 Å². The van der Waals surface area contributed by atoms with E-state index < -0.39 is 5.97 Å². The summed E-state index contributed by atoms with van der Waals surface area (Å²) in [6, 6.07) is 14.7. The molecule has 3 N–H and O–H groups in total. The van der Waals surface area contributed by atoms with E-state index >= 15 is 0 Å². The smallest absolute Gasteiger partial charge is 0.340 e. The number of ether oxygens (including phenoxy) is 1. The maximum atomic E-state index is 12.3. The van der Waals surface area contributed by atoms with Crippen LogP contribution in [0.2, 0.25) is 0 Å². The van der Waals surface area contributed by atoms with Crippen molar-refractivity contribution in [3.05, 3.63) is 65.2 Å². The van der Waals surface area contributed by atoms with E-state index in [1.54, 1.807) is 24.3 Å². The van der Waals surface area contributed by atoms with Crippen molar-refractivity contribution in [3.63, 3.8) is 0 Å². The van der Waals surface area contributed by atoms with E-state index in [-0.39, 0.29) is 25.2 Å². The molecule has 1 atom stereocenters. The normalized spacial score (nSPS) is 11.5. The minimum Gasteiger partial charge on any atom is -0.452 e. The van der Waals surface area contributed by atoms with Gasteiger partial charge in [0.2, 0.25) is 0 Å². The molecule has 0 aliphatic rings. The molecule has 0 aliphatic carbocycles. The highest BCUT2D eigenvalue weighted by molar-refractivity contribution is 5.96. The summed E-state index contributed by atoms with van der Waals surface area (Å²) in [5.74, 6) is -0.956. The lowest BCUT2D eigenvalue weighted by Gasteiger charge is -2.15. The number of esters is 1. The first-order valence-electron chi connectivity index (χ1n) is 9.04. The van der Waals surface area contributed by atoms with Gasteiger partial charge < -0.3 is 20.5 Å². The number of benzene rings is 2. The first-order valence-corrected chi connectivity index (χ1v) is 9.04. The van der Waals surface area contributed by atoms with Crippen molar-refractivity contribution in [2.24, 2.45) is 0 Å². The van der Waals surface area contributed by atoms with E-state index in [1.165, 1.54) is 5.56 Å². The fourth-order valence-electron chi connectivity index (χ4n) is 2.62. The molecule has 0 aromatic heterocycles. The quantitative estimate of drug-likeness (QED) is 0.591. The molecule has 144 valence electrons. The number of nitrogens with one attached hydrogen (secondary N) is 2. The van der Waals surface area contributed by atoms with Crippen LogP contribution < -0.4 is 10.6 Å². The molecule has 0 fully saturated rings. The fraction of sp³-hybridized carbons (Fsp3) is 0.333. The maximum absolute atomic E-state index is 12.3. The van der Waals surface area contributed by atoms with Crippen LogP contribution in [0, 0.1) is 0 Å². The molecule has 0 saturated heterocycles. The Morgan fingerprint density at radius 2 is 1.81 bits per heavy atom. The van der Waals surface area contributed by atoms with Crippen LogP contribution in [0.1, 0.15) is 41.4 Å². The third-order valence-corrected chi connectivity index (χ3v) is 4.17. The average molecular weight is 370 g/mol. The van der Waals surface area contributed by atoms with Crippen molar-refractivity contribution in [1.29, 1.82) is 0 Å². The van der Waals surface area contributed by atoms with Gasteiger partial charge in [0.05, 0.1) is 18.2 Å². The van der Waals surface area contributed by atoms with Crippen LogP contribution in [0.4, 0.5) is 5.69 Å². The van der Waals surface area contributed by atoms with Gasteiger partial charge in [-0.3, -0.25) is 4.79 Å². The molecule has 6 nitrogen and oxygen atoms in total. The molecule has 0 aliphatic heterocycles. The number of carbonyl (C=O) groups is 2. The predicted octanol–water partition coefficient (Wildman–Crippen LogP) is 2.69. The van der Waals surface area contributed by atoms with Gasteiger partial charge in [0.25, 0.3) is 5.91 Å². The molecule has 0 heterocycles. The van der Waals surface area contributed by atoms with E-state index in [2.05, 4.69) is 17.6 Å². The Bertz CT molecular complexity index is 759. The molecule has 0 spiro atoms. The summed E-state index contributed by atoms with van der Waals surface area (Å²) in [5, 5.41) is 14.7. The summed E-state index contributed by atoms with van der Waals surface area (Å²) in [6.45, 7) is 3.88. The predicted molar refractivity (Wildman–Crippen MR) is 105 cm³/mol. The molecule has 0 bridgehead atoms. The van der Waals surface area contributed by atoms with Crippen molar-refractivity contribution < 1.29 is 19.4 Å². The van der Waals surface area contributed by atoms with E-state index in [0.29, 0.717) is 17.8 Å². The van der Waals surface area contributed by atoms with Crippen molar-refractivity contribution in [2.75, 3.05) is 25.1 Å². The average Bonchev–Trinajstić information content (AvgIpc) is 2.70. The first-order chi connectivity index (χ1) is 13.0. The molecule has 0 unspecified atom stereocenters. The minimum absolute atomic E-state index is 0.0527. The zero-order chi connectivity index (χ0) is 19.6. The SMILES string of the molecule is CCc1ccc([C@H](C)NC(=O)COC(=O)c2ccccc2NCCO)cc1. The summed E-state index contributed by atoms with van der Waals surface area (Å²) < 4.78 is 5.13. The Balaban J connectivity index is 1.88. The van der Waals surface area contributed by atoms with E-state index in [9.17, 15) is 9.59 Å².